The van der Waals surface area contributed by atoms with Crippen LogP contribution in [0.2, 0.25) is 36.3 Å². The Hall–Kier alpha value is -3.25. The second-order valence-corrected chi connectivity index (χ2v) is 25.5. The van der Waals surface area contributed by atoms with Crippen molar-refractivity contribution in [1.82, 2.24) is 4.90 Å². The predicted octanol–water partition coefficient (Wildman–Crippen LogP) is 9.92. The van der Waals surface area contributed by atoms with Crippen LogP contribution < -0.4 is 18.3 Å². The van der Waals surface area contributed by atoms with Crippen LogP contribution in [-0.2, 0) is 0 Å². The molecule has 3 aromatic carbocycles. The molecule has 7 nitrogen and oxygen atoms in total. The molecule has 268 valence electrons. The van der Waals surface area contributed by atoms with Gasteiger partial charge in [-0.2, -0.15) is 0 Å². The number of nitrogens with zero attached hydrogens (tertiary/aromatic N) is 1. The molecule has 4 rings (SSSR count). The molecule has 1 aliphatic rings. The normalized spacial score (nSPS) is 14.7. The quantitative estimate of drug-likeness (QED) is 0.171. The number of phenols is 1. The zero-order chi connectivity index (χ0) is 36.4. The number of benzene rings is 3. The molecule has 0 bridgehead atoms. The third-order valence-corrected chi connectivity index (χ3v) is 19.3. The van der Waals surface area contributed by atoms with Gasteiger partial charge in [-0.05, 0) is 91.3 Å². The molecule has 0 aromatic heterocycles. The van der Waals surface area contributed by atoms with E-state index < -0.39 is 22.7 Å². The van der Waals surface area contributed by atoms with E-state index in [0.717, 1.165) is 42.3 Å². The molecule has 0 fully saturated rings. The van der Waals surface area contributed by atoms with Gasteiger partial charge in [0.15, 0.2) is 0 Å². The van der Waals surface area contributed by atoms with Crippen LogP contribution >= 0.6 is 0 Å². The van der Waals surface area contributed by atoms with Gasteiger partial charge in [0.2, 0.25) is 16.6 Å². The van der Waals surface area contributed by atoms with Gasteiger partial charge in [0, 0.05) is 41.0 Å². The van der Waals surface area contributed by atoms with Crippen LogP contribution in [0.25, 0.3) is 11.1 Å². The standard InChI is InChI=1S/C40H59NO6Si2/c1-13-41(14-2)23-24-44-29-17-15-28(16-18-29)38(43)37-33-22-20-31(47-49(11,12)40(6,7)8)26-36(33)45-27-34(37)32-21-19-30(25-35(32)42)46-48(9,10)39(3,4)5/h15-22,25-26,38,42-43H,13-14,23-24,27H2,1-12H3. The number of hydrogen-bond acceptors (Lipinski definition) is 7. The highest BCUT2D eigenvalue weighted by atomic mass is 28.4. The lowest BCUT2D eigenvalue weighted by atomic mass is 9.86. The Morgan fingerprint density at radius 1 is 0.755 bits per heavy atom. The Morgan fingerprint density at radius 2 is 1.27 bits per heavy atom. The summed E-state index contributed by atoms with van der Waals surface area (Å²) in [6.07, 6.45) is -0.989. The minimum absolute atomic E-state index is 0.0150. The molecule has 0 amide bonds. The predicted molar refractivity (Wildman–Crippen MR) is 207 cm³/mol. The monoisotopic (exact) mass is 705 g/mol. The molecule has 1 unspecified atom stereocenters. The molecule has 0 saturated carbocycles. The van der Waals surface area contributed by atoms with Crippen molar-refractivity contribution in [3.05, 3.63) is 77.4 Å². The number of aromatic hydroxyl groups is 1. The third kappa shape index (κ3) is 8.92. The van der Waals surface area contributed by atoms with Gasteiger partial charge in [0.05, 0.1) is 0 Å². The van der Waals surface area contributed by atoms with Gasteiger partial charge in [-0.3, -0.25) is 0 Å². The van der Waals surface area contributed by atoms with Crippen LogP contribution in [0.15, 0.2) is 60.7 Å². The van der Waals surface area contributed by atoms with Gasteiger partial charge in [0.1, 0.15) is 48.1 Å². The molecule has 0 spiro atoms. The Bertz CT molecular complexity index is 1620. The second-order valence-electron chi connectivity index (χ2n) is 16.1. The molecule has 2 N–H and O–H groups in total. The summed E-state index contributed by atoms with van der Waals surface area (Å²) in [7, 11) is -4.21. The van der Waals surface area contributed by atoms with Gasteiger partial charge in [-0.15, -0.1) is 0 Å². The van der Waals surface area contributed by atoms with Crippen LogP contribution in [0.1, 0.15) is 78.2 Å². The van der Waals surface area contributed by atoms with E-state index in [9.17, 15) is 10.2 Å². The maximum atomic E-state index is 12.1. The first-order chi connectivity index (χ1) is 22.8. The largest absolute Gasteiger partial charge is 0.543 e. The van der Waals surface area contributed by atoms with E-state index in [1.807, 2.05) is 54.6 Å². The first-order valence-corrected chi connectivity index (χ1v) is 23.4. The van der Waals surface area contributed by atoms with E-state index in [-0.39, 0.29) is 22.4 Å². The van der Waals surface area contributed by atoms with E-state index in [4.69, 9.17) is 18.3 Å². The number of hydrogen-bond donors (Lipinski definition) is 2. The van der Waals surface area contributed by atoms with Crippen LogP contribution in [-0.4, -0.2) is 64.6 Å². The van der Waals surface area contributed by atoms with Crippen molar-refractivity contribution in [2.24, 2.45) is 0 Å². The molecule has 9 heteroatoms. The Kier molecular flexibility index (Phi) is 11.7. The van der Waals surface area contributed by atoms with Crippen LogP contribution in [0.5, 0.6) is 28.7 Å². The van der Waals surface area contributed by atoms with Crippen molar-refractivity contribution in [1.29, 1.82) is 0 Å². The van der Waals surface area contributed by atoms with Crippen LogP contribution in [0.4, 0.5) is 0 Å². The molecule has 0 radical (unpaired) electrons. The molecule has 0 saturated heterocycles. The van der Waals surface area contributed by atoms with Gasteiger partial charge in [-0.1, -0.05) is 67.5 Å². The lowest BCUT2D eigenvalue weighted by Crippen LogP contribution is -2.43. The second kappa shape index (κ2) is 14.9. The van der Waals surface area contributed by atoms with Gasteiger partial charge in [-0.25, -0.2) is 0 Å². The fourth-order valence-electron chi connectivity index (χ4n) is 5.30. The van der Waals surface area contributed by atoms with Crippen LogP contribution in [0.3, 0.4) is 0 Å². The van der Waals surface area contributed by atoms with Crippen molar-refractivity contribution >= 4 is 27.8 Å². The molecule has 1 aliphatic heterocycles. The van der Waals surface area contributed by atoms with Crippen molar-refractivity contribution in [3.63, 3.8) is 0 Å². The Balaban J connectivity index is 1.74. The number of rotatable bonds is 13. The van der Waals surface area contributed by atoms with Gasteiger partial charge >= 0.3 is 0 Å². The zero-order valence-corrected chi connectivity index (χ0v) is 33.9. The first-order valence-electron chi connectivity index (χ1n) is 17.6. The summed E-state index contributed by atoms with van der Waals surface area (Å²) in [5, 5.41) is 23.6. The first kappa shape index (κ1) is 38.6. The average Bonchev–Trinajstić information content (AvgIpc) is 3.01. The lowest BCUT2D eigenvalue weighted by molar-refractivity contribution is 0.222. The number of fused-ring (bicyclic) bond motifs is 1. The van der Waals surface area contributed by atoms with Crippen molar-refractivity contribution < 1.29 is 28.5 Å². The highest BCUT2D eigenvalue weighted by molar-refractivity contribution is 6.75. The summed E-state index contributed by atoms with van der Waals surface area (Å²) in [6.45, 7) is 29.9. The van der Waals surface area contributed by atoms with Gasteiger partial charge in [0.25, 0.3) is 0 Å². The van der Waals surface area contributed by atoms with Crippen molar-refractivity contribution in [2.75, 3.05) is 32.8 Å². The number of phenolic OH excluding ortho intramolecular Hbond substituents is 1. The summed E-state index contributed by atoms with van der Waals surface area (Å²) in [5.74, 6) is 2.87. The maximum Gasteiger partial charge on any atom is 0.250 e. The number of likely N-dealkylation sites (N-methyl/N-ethyl adjacent to an activating group) is 1. The van der Waals surface area contributed by atoms with E-state index in [2.05, 4.69) is 86.5 Å². The molecular formula is C40H59NO6Si2. The summed E-state index contributed by atoms with van der Waals surface area (Å²) >= 11 is 0. The maximum absolute atomic E-state index is 12.1. The topological polar surface area (TPSA) is 80.6 Å². The van der Waals surface area contributed by atoms with E-state index in [1.54, 1.807) is 6.07 Å². The van der Waals surface area contributed by atoms with Crippen molar-refractivity contribution in [3.8, 4) is 28.7 Å². The molecule has 49 heavy (non-hydrogen) atoms. The highest BCUT2D eigenvalue weighted by Crippen LogP contribution is 2.48. The van der Waals surface area contributed by atoms with Gasteiger partial charge < -0.3 is 33.4 Å². The molecule has 0 aliphatic carbocycles. The molecule has 1 atom stereocenters. The van der Waals surface area contributed by atoms with Crippen molar-refractivity contribution in [2.45, 2.75) is 97.8 Å². The van der Waals surface area contributed by atoms with E-state index in [0.29, 0.717) is 34.8 Å². The molecule has 1 heterocycles. The summed E-state index contributed by atoms with van der Waals surface area (Å²) in [4.78, 5) is 2.32. The lowest BCUT2D eigenvalue weighted by Gasteiger charge is -2.37. The van der Waals surface area contributed by atoms with Crippen LogP contribution in [0, 0.1) is 0 Å². The molecule has 3 aromatic rings. The molecular weight excluding hydrogens is 647 g/mol. The smallest absolute Gasteiger partial charge is 0.250 e. The number of aliphatic hydroxyl groups excluding tert-OH is 1. The zero-order valence-electron chi connectivity index (χ0n) is 31.9. The Labute approximate surface area is 297 Å². The minimum atomic E-state index is -2.12. The third-order valence-electron chi connectivity index (χ3n) is 10.6. The Morgan fingerprint density at radius 3 is 1.78 bits per heavy atom. The summed E-state index contributed by atoms with van der Waals surface area (Å²) in [6, 6.07) is 18.9. The average molecular weight is 706 g/mol. The fraction of sp³-hybridized carbons (Fsp3) is 0.500. The van der Waals surface area contributed by atoms with E-state index >= 15 is 0 Å². The van der Waals surface area contributed by atoms with E-state index in [1.165, 1.54) is 0 Å². The summed E-state index contributed by atoms with van der Waals surface area (Å²) in [5.41, 5.74) is 3.48. The number of ether oxygens (including phenoxy) is 2. The summed E-state index contributed by atoms with van der Waals surface area (Å²) < 4.78 is 25.5. The minimum Gasteiger partial charge on any atom is -0.543 e. The SMILES string of the molecule is CCN(CC)CCOc1ccc(C(O)C2=C(c3ccc(O[Si](C)(C)C(C)(C)C)cc3O)COc3cc(O[Si](C)(C)C(C)(C)C)ccc32)cc1. The highest BCUT2D eigenvalue weighted by Gasteiger charge is 2.40. The fourth-order valence-corrected chi connectivity index (χ4v) is 7.35. The number of aliphatic hydroxyl groups is 1.